The Kier molecular flexibility index (Phi) is 6.74. The predicted molar refractivity (Wildman–Crippen MR) is 119 cm³/mol. The second-order valence-corrected chi connectivity index (χ2v) is 9.04. The molecule has 2 aromatic rings. The van der Waals surface area contributed by atoms with Crippen LogP contribution in [0.3, 0.4) is 0 Å². The quantitative estimate of drug-likeness (QED) is 0.370. The van der Waals surface area contributed by atoms with E-state index in [4.69, 9.17) is 0 Å². The number of aromatic amines is 1. The van der Waals surface area contributed by atoms with Gasteiger partial charge in [0.05, 0.1) is 11.8 Å². The molecule has 1 amide bonds. The molecule has 1 aliphatic rings. The summed E-state index contributed by atoms with van der Waals surface area (Å²) < 4.78 is 0. The number of likely N-dealkylation sites (N-methyl/N-ethyl adjacent to an activating group) is 1. The van der Waals surface area contributed by atoms with Gasteiger partial charge in [-0.3, -0.25) is 9.59 Å². The summed E-state index contributed by atoms with van der Waals surface area (Å²) in [5.41, 5.74) is 1.44. The minimum absolute atomic E-state index is 0.0258. The lowest BCUT2D eigenvalue weighted by molar-refractivity contribution is -0.117. The van der Waals surface area contributed by atoms with Gasteiger partial charge in [0.1, 0.15) is 23.0 Å². The highest BCUT2D eigenvalue weighted by molar-refractivity contribution is 6.08. The Balaban J connectivity index is 1.66. The van der Waals surface area contributed by atoms with Crippen molar-refractivity contribution in [3.8, 4) is 6.07 Å². The number of hydrogen-bond acceptors (Lipinski definition) is 6. The minimum atomic E-state index is -0.498. The van der Waals surface area contributed by atoms with Gasteiger partial charge >= 0.3 is 0 Å². The average Bonchev–Trinajstić information content (AvgIpc) is 3.15. The molecule has 0 unspecified atom stereocenters. The number of rotatable bonds is 6. The lowest BCUT2D eigenvalue weighted by Crippen LogP contribution is -2.27. The monoisotopic (exact) mass is 422 g/mol. The van der Waals surface area contributed by atoms with Crippen molar-refractivity contribution in [2.45, 2.75) is 59.4 Å². The number of hydrogen-bond donors (Lipinski definition) is 3. The van der Waals surface area contributed by atoms with Crippen LogP contribution >= 0.6 is 0 Å². The second kappa shape index (κ2) is 9.29. The number of aromatic nitrogens is 3. The molecule has 1 aliphatic carbocycles. The zero-order valence-corrected chi connectivity index (χ0v) is 18.6. The van der Waals surface area contributed by atoms with Crippen molar-refractivity contribution in [1.29, 1.82) is 5.26 Å². The molecule has 0 spiro atoms. The molecule has 0 aromatic carbocycles. The number of nitrogens with zero attached hydrogens (tertiary/aromatic N) is 3. The van der Waals surface area contributed by atoms with E-state index >= 15 is 0 Å². The van der Waals surface area contributed by atoms with E-state index in [0.29, 0.717) is 29.1 Å². The molecule has 0 saturated heterocycles. The van der Waals surface area contributed by atoms with Crippen LogP contribution in [-0.2, 0) is 4.79 Å². The van der Waals surface area contributed by atoms with Gasteiger partial charge < -0.3 is 15.6 Å². The number of ketones is 1. The number of carbonyl (C=O) groups excluding carboxylic acids is 2. The summed E-state index contributed by atoms with van der Waals surface area (Å²) >= 11 is 0. The summed E-state index contributed by atoms with van der Waals surface area (Å²) in [6, 6.07) is 2.24. The number of nitriles is 1. The van der Waals surface area contributed by atoms with Gasteiger partial charge in [-0.15, -0.1) is 0 Å². The third kappa shape index (κ3) is 5.29. The molecule has 2 heterocycles. The molecule has 2 aromatic heterocycles. The standard InChI is InChI=1S/C23H30N6O2/c1-5-25-22(31)15(11-24)10-14-6-8-16(9-7-14)28-18-13-27-21-19(29-18)17(12-26-21)20(30)23(2,3)4/h10,12-14,16H,5-9H2,1-4H3,(H,25,31)(H,26,27)(H,28,29)/b15-10-. The molecule has 8 nitrogen and oxygen atoms in total. The number of nitrogens with one attached hydrogen (secondary N) is 3. The molecular formula is C23H30N6O2. The van der Waals surface area contributed by atoms with Gasteiger partial charge in [-0.05, 0) is 38.5 Å². The Labute approximate surface area is 182 Å². The van der Waals surface area contributed by atoms with Crippen molar-refractivity contribution in [1.82, 2.24) is 20.3 Å². The van der Waals surface area contributed by atoms with Crippen LogP contribution in [0.15, 0.2) is 24.0 Å². The first-order chi connectivity index (χ1) is 14.7. The SMILES string of the molecule is CCNC(=O)/C(C#N)=C\C1CCC(Nc2cnc3[nH]cc(C(=O)C(C)(C)C)c3n2)CC1. The van der Waals surface area contributed by atoms with E-state index in [1.807, 2.05) is 33.8 Å². The zero-order valence-electron chi connectivity index (χ0n) is 18.6. The van der Waals surface area contributed by atoms with Gasteiger partial charge in [-0.2, -0.15) is 5.26 Å². The molecule has 0 atom stereocenters. The highest BCUT2D eigenvalue weighted by atomic mass is 16.1. The first-order valence-electron chi connectivity index (χ1n) is 10.8. The smallest absolute Gasteiger partial charge is 0.261 e. The van der Waals surface area contributed by atoms with Crippen molar-refractivity contribution in [2.75, 3.05) is 11.9 Å². The topological polar surface area (TPSA) is 124 Å². The molecular weight excluding hydrogens is 392 g/mol. The van der Waals surface area contributed by atoms with E-state index < -0.39 is 5.41 Å². The van der Waals surface area contributed by atoms with E-state index in [1.165, 1.54) is 0 Å². The van der Waals surface area contributed by atoms with Crippen LogP contribution in [0.25, 0.3) is 11.2 Å². The highest BCUT2D eigenvalue weighted by Crippen LogP contribution is 2.29. The van der Waals surface area contributed by atoms with Crippen LogP contribution in [0, 0.1) is 22.7 Å². The number of amides is 1. The van der Waals surface area contributed by atoms with E-state index in [2.05, 4.69) is 25.6 Å². The normalized spacial score (nSPS) is 19.6. The lowest BCUT2D eigenvalue weighted by atomic mass is 9.85. The van der Waals surface area contributed by atoms with Crippen molar-refractivity contribution < 1.29 is 9.59 Å². The Morgan fingerprint density at radius 3 is 2.61 bits per heavy atom. The summed E-state index contributed by atoms with van der Waals surface area (Å²) in [6.45, 7) is 8.00. The van der Waals surface area contributed by atoms with Gasteiger partial charge in [0.25, 0.3) is 5.91 Å². The molecule has 8 heteroatoms. The van der Waals surface area contributed by atoms with Crippen LogP contribution in [-0.4, -0.2) is 39.2 Å². The second-order valence-electron chi connectivity index (χ2n) is 9.04. The minimum Gasteiger partial charge on any atom is -0.366 e. The molecule has 0 aliphatic heterocycles. The fourth-order valence-corrected chi connectivity index (χ4v) is 3.83. The van der Waals surface area contributed by atoms with Gasteiger partial charge in [0.15, 0.2) is 11.4 Å². The number of carbonyl (C=O) groups is 2. The molecule has 3 rings (SSSR count). The summed E-state index contributed by atoms with van der Waals surface area (Å²) in [6.07, 6.45) is 8.73. The molecule has 164 valence electrons. The van der Waals surface area contributed by atoms with Crippen LogP contribution in [0.2, 0.25) is 0 Å². The van der Waals surface area contributed by atoms with Crippen molar-refractivity contribution in [2.24, 2.45) is 11.3 Å². The first kappa shape index (κ1) is 22.5. The van der Waals surface area contributed by atoms with E-state index in [1.54, 1.807) is 18.5 Å². The Morgan fingerprint density at radius 1 is 1.29 bits per heavy atom. The maximum absolute atomic E-state index is 12.7. The molecule has 0 radical (unpaired) electrons. The molecule has 3 N–H and O–H groups in total. The van der Waals surface area contributed by atoms with Crippen LogP contribution in [0.1, 0.15) is 63.7 Å². The molecule has 1 saturated carbocycles. The molecule has 31 heavy (non-hydrogen) atoms. The zero-order chi connectivity index (χ0) is 22.6. The Hall–Kier alpha value is -3.21. The predicted octanol–water partition coefficient (Wildman–Crippen LogP) is 3.74. The highest BCUT2D eigenvalue weighted by Gasteiger charge is 2.27. The number of allylic oxidation sites excluding steroid dienone is 1. The summed E-state index contributed by atoms with van der Waals surface area (Å²) in [7, 11) is 0. The van der Waals surface area contributed by atoms with E-state index in [9.17, 15) is 14.9 Å². The largest absolute Gasteiger partial charge is 0.366 e. The molecule has 1 fully saturated rings. The fourth-order valence-electron chi connectivity index (χ4n) is 3.83. The van der Waals surface area contributed by atoms with E-state index in [-0.39, 0.29) is 29.2 Å². The van der Waals surface area contributed by atoms with Gasteiger partial charge in [-0.1, -0.05) is 26.8 Å². The third-order valence-electron chi connectivity index (χ3n) is 5.54. The average molecular weight is 423 g/mol. The van der Waals surface area contributed by atoms with Crippen molar-refractivity contribution >= 4 is 28.7 Å². The summed E-state index contributed by atoms with van der Waals surface area (Å²) in [4.78, 5) is 36.7. The number of Topliss-reactive ketones (excluding diaryl/α,β-unsaturated/α-hetero) is 1. The van der Waals surface area contributed by atoms with Gasteiger partial charge in [0.2, 0.25) is 0 Å². The maximum atomic E-state index is 12.7. The van der Waals surface area contributed by atoms with Gasteiger partial charge in [0, 0.05) is 24.2 Å². The van der Waals surface area contributed by atoms with Crippen LogP contribution in [0.4, 0.5) is 5.82 Å². The third-order valence-corrected chi connectivity index (χ3v) is 5.54. The molecule has 0 bridgehead atoms. The fraction of sp³-hybridized carbons (Fsp3) is 0.522. The van der Waals surface area contributed by atoms with Crippen molar-refractivity contribution in [3.63, 3.8) is 0 Å². The van der Waals surface area contributed by atoms with Gasteiger partial charge in [-0.25, -0.2) is 9.97 Å². The summed E-state index contributed by atoms with van der Waals surface area (Å²) in [5.74, 6) is 0.581. The Morgan fingerprint density at radius 2 is 2.00 bits per heavy atom. The lowest BCUT2D eigenvalue weighted by Gasteiger charge is -2.28. The number of fused-ring (bicyclic) bond motifs is 1. The first-order valence-corrected chi connectivity index (χ1v) is 10.8. The maximum Gasteiger partial charge on any atom is 0.261 e. The Bertz CT molecular complexity index is 1030. The number of H-pyrrole nitrogens is 1. The van der Waals surface area contributed by atoms with Crippen LogP contribution < -0.4 is 10.6 Å². The van der Waals surface area contributed by atoms with Crippen molar-refractivity contribution in [3.05, 3.63) is 29.6 Å². The summed E-state index contributed by atoms with van der Waals surface area (Å²) in [5, 5.41) is 15.4. The van der Waals surface area contributed by atoms with Crippen LogP contribution in [0.5, 0.6) is 0 Å². The number of anilines is 1. The van der Waals surface area contributed by atoms with E-state index in [0.717, 1.165) is 25.7 Å².